The van der Waals surface area contributed by atoms with E-state index >= 15 is 0 Å². The van der Waals surface area contributed by atoms with Crippen molar-refractivity contribution in [1.82, 2.24) is 19.8 Å². The molecular formula is C27H34N6O7S. The molecule has 0 bridgehead atoms. The van der Waals surface area contributed by atoms with Gasteiger partial charge in [-0.15, -0.1) is 0 Å². The second-order valence-electron chi connectivity index (χ2n) is 9.71. The molecule has 1 aromatic heterocycles. The first-order chi connectivity index (χ1) is 19.5. The number of aliphatic hydroxyl groups excluding tert-OH is 3. The lowest BCUT2D eigenvalue weighted by molar-refractivity contribution is -0.431. The molecule has 1 aliphatic rings. The van der Waals surface area contributed by atoms with Crippen LogP contribution in [0, 0.1) is 11.3 Å². The van der Waals surface area contributed by atoms with Gasteiger partial charge in [0.25, 0.3) is 10.0 Å². The molecule has 2 heterocycles. The number of likely N-dealkylation sites (N-methyl/N-ethyl adjacent to an activating group) is 1. The first kappa shape index (κ1) is 30.6. The zero-order chi connectivity index (χ0) is 29.9. The van der Waals surface area contributed by atoms with Crippen molar-refractivity contribution in [3.63, 3.8) is 0 Å². The highest BCUT2D eigenvalue weighted by molar-refractivity contribution is 7.93. The third-order valence-corrected chi connectivity index (χ3v) is 8.54. The van der Waals surface area contributed by atoms with Crippen molar-refractivity contribution in [3.05, 3.63) is 59.1 Å². The average Bonchev–Trinajstić information content (AvgIpc) is 3.34. The molecule has 0 amide bonds. The van der Waals surface area contributed by atoms with E-state index in [0.717, 1.165) is 40.8 Å². The zero-order valence-corrected chi connectivity index (χ0v) is 23.6. The molecule has 220 valence electrons. The number of hydroxylamine groups is 2. The molecule has 1 aliphatic heterocycles. The van der Waals surface area contributed by atoms with E-state index in [1.165, 1.54) is 6.92 Å². The minimum Gasteiger partial charge on any atom is -0.393 e. The minimum atomic E-state index is -4.62. The number of nitrogens with zero attached hydrogens (tertiary/aromatic N) is 3. The van der Waals surface area contributed by atoms with Gasteiger partial charge in [0.15, 0.2) is 11.1 Å². The van der Waals surface area contributed by atoms with Crippen molar-refractivity contribution in [2.75, 3.05) is 32.1 Å². The van der Waals surface area contributed by atoms with Crippen molar-refractivity contribution in [1.29, 1.82) is 5.26 Å². The van der Waals surface area contributed by atoms with Crippen LogP contribution in [-0.4, -0.2) is 90.0 Å². The van der Waals surface area contributed by atoms with Crippen molar-refractivity contribution < 1.29 is 33.8 Å². The summed E-state index contributed by atoms with van der Waals surface area (Å²) in [6.07, 6.45) is -6.78. The van der Waals surface area contributed by atoms with Crippen LogP contribution in [0.3, 0.4) is 0 Å². The van der Waals surface area contributed by atoms with Crippen molar-refractivity contribution in [2.45, 2.75) is 31.4 Å². The van der Waals surface area contributed by atoms with E-state index in [9.17, 15) is 34.2 Å². The van der Waals surface area contributed by atoms with Gasteiger partial charge in [-0.25, -0.2) is 8.42 Å². The Morgan fingerprint density at radius 3 is 2.46 bits per heavy atom. The molecule has 4 atom stereocenters. The number of aliphatic hydroxyl groups is 3. The topological polar surface area (TPSA) is 192 Å². The fourth-order valence-electron chi connectivity index (χ4n) is 4.76. The maximum atomic E-state index is 13.2. The molecule has 2 aromatic carbocycles. The normalized spacial score (nSPS) is 22.4. The molecule has 0 aliphatic carbocycles. The third kappa shape index (κ3) is 6.28. The molecule has 3 aromatic rings. The Bertz CT molecular complexity index is 1580. The largest absolute Gasteiger partial charge is 0.393 e. The van der Waals surface area contributed by atoms with E-state index in [-0.39, 0.29) is 10.8 Å². The molecule has 0 radical (unpaired) electrons. The van der Waals surface area contributed by atoms with Crippen LogP contribution < -0.4 is 15.4 Å². The van der Waals surface area contributed by atoms with Crippen LogP contribution in [0.4, 0.5) is 5.69 Å². The second kappa shape index (κ2) is 12.7. The number of sulfonamides is 1. The van der Waals surface area contributed by atoms with Gasteiger partial charge in [-0.1, -0.05) is 18.2 Å². The molecule has 13 nitrogen and oxygen atoms in total. The number of aromatic nitrogens is 1. The summed E-state index contributed by atoms with van der Waals surface area (Å²) < 4.78 is 30.2. The molecule has 0 saturated carbocycles. The Labute approximate surface area is 237 Å². The Balaban J connectivity index is 1.61. The molecule has 1 fully saturated rings. The highest BCUT2D eigenvalue weighted by atomic mass is 32.2. The molecule has 0 spiro atoms. The van der Waals surface area contributed by atoms with E-state index in [4.69, 9.17) is 4.84 Å². The number of benzene rings is 2. The smallest absolute Gasteiger partial charge is 0.252 e. The quantitative estimate of drug-likeness (QED) is 0.131. The number of nitriles is 1. The molecule has 0 unspecified atom stereocenters. The fourth-order valence-corrected chi connectivity index (χ4v) is 6.06. The number of allylic oxidation sites excluding steroid dienone is 2. The van der Waals surface area contributed by atoms with Gasteiger partial charge in [-0.05, 0) is 65.9 Å². The van der Waals surface area contributed by atoms with Crippen LogP contribution in [0.25, 0.3) is 27.6 Å². The number of nitrogens with one attached hydrogen (secondary N) is 3. The maximum absolute atomic E-state index is 13.2. The Hall–Kier alpha value is -3.36. The van der Waals surface area contributed by atoms with Crippen LogP contribution in [-0.2, 0) is 21.9 Å². The first-order valence-electron chi connectivity index (χ1n) is 12.9. The summed E-state index contributed by atoms with van der Waals surface area (Å²) in [4.78, 5) is 4.21. The number of rotatable bonds is 10. The summed E-state index contributed by atoms with van der Waals surface area (Å²) >= 11 is 0. The number of hydrogen-bond donors (Lipinski definition) is 7. The van der Waals surface area contributed by atoms with Crippen molar-refractivity contribution in [3.8, 4) is 17.3 Å². The van der Waals surface area contributed by atoms with Crippen molar-refractivity contribution >= 4 is 32.1 Å². The summed E-state index contributed by atoms with van der Waals surface area (Å²) in [5.74, 6) is 0. The monoisotopic (exact) mass is 586 g/mol. The highest BCUT2D eigenvalue weighted by Gasteiger charge is 2.45. The Morgan fingerprint density at radius 1 is 1.07 bits per heavy atom. The van der Waals surface area contributed by atoms with E-state index in [0.29, 0.717) is 5.69 Å². The van der Waals surface area contributed by atoms with Crippen molar-refractivity contribution in [2.24, 2.45) is 7.05 Å². The van der Waals surface area contributed by atoms with E-state index in [1.54, 1.807) is 23.8 Å². The second-order valence-corrected chi connectivity index (χ2v) is 11.4. The van der Waals surface area contributed by atoms with Gasteiger partial charge in [0.05, 0.1) is 6.61 Å². The third-order valence-electron chi connectivity index (χ3n) is 7.05. The summed E-state index contributed by atoms with van der Waals surface area (Å²) in [5.41, 5.74) is 3.26. The molecule has 7 N–H and O–H groups in total. The van der Waals surface area contributed by atoms with E-state index in [1.807, 2.05) is 48.2 Å². The number of anilines is 1. The van der Waals surface area contributed by atoms with E-state index in [2.05, 4.69) is 16.7 Å². The fraction of sp³-hybridized carbons (Fsp3) is 0.370. The Kier molecular flexibility index (Phi) is 9.44. The summed E-state index contributed by atoms with van der Waals surface area (Å²) in [6.45, 7) is 2.38. The number of fused-ring (bicyclic) bond motifs is 1. The summed E-state index contributed by atoms with van der Waals surface area (Å²) in [5, 5.41) is 58.0. The van der Waals surface area contributed by atoms with Gasteiger partial charge >= 0.3 is 0 Å². The first-order valence-corrected chi connectivity index (χ1v) is 14.3. The Morgan fingerprint density at radius 2 is 1.78 bits per heavy atom. The lowest BCUT2D eigenvalue weighted by Gasteiger charge is -2.40. The van der Waals surface area contributed by atoms with Crippen LogP contribution in [0.5, 0.6) is 0 Å². The summed E-state index contributed by atoms with van der Waals surface area (Å²) in [6, 6.07) is 17.3. The predicted octanol–water partition coefficient (Wildman–Crippen LogP) is 0.696. The van der Waals surface area contributed by atoms with Gasteiger partial charge in [-0.2, -0.15) is 9.98 Å². The van der Waals surface area contributed by atoms with Gasteiger partial charge < -0.3 is 30.5 Å². The van der Waals surface area contributed by atoms with Gasteiger partial charge in [0.2, 0.25) is 0 Å². The van der Waals surface area contributed by atoms with Gasteiger partial charge in [0.1, 0.15) is 24.4 Å². The van der Waals surface area contributed by atoms with Crippen LogP contribution >= 0.6 is 0 Å². The highest BCUT2D eigenvalue weighted by Crippen LogP contribution is 2.31. The van der Waals surface area contributed by atoms with Crippen LogP contribution in [0.2, 0.25) is 0 Å². The van der Waals surface area contributed by atoms with Gasteiger partial charge in [-0.3, -0.25) is 10.0 Å². The maximum Gasteiger partial charge on any atom is 0.252 e. The molecule has 41 heavy (non-hydrogen) atoms. The molecular weight excluding hydrogens is 552 g/mol. The lowest BCUT2D eigenvalue weighted by atomic mass is 10.0. The van der Waals surface area contributed by atoms with Gasteiger partial charge in [0, 0.05) is 42.8 Å². The van der Waals surface area contributed by atoms with E-state index < -0.39 is 46.0 Å². The molecule has 1 saturated heterocycles. The minimum absolute atomic E-state index is 0.00191. The lowest BCUT2D eigenvalue weighted by Crippen LogP contribution is -2.65. The zero-order valence-electron chi connectivity index (χ0n) is 22.8. The molecule has 4 rings (SSSR count). The van der Waals surface area contributed by atoms with Crippen LogP contribution in [0.15, 0.2) is 53.4 Å². The standard InChI is InChI=1S/C27H34N6O7S/c1-16(24(14-28)41(38,39)31-27-26(36)25(35)23(15-34)40-33(27)37)21-8-9-22(32(21)3)19-5-4-18-13-20(30-11-10-29-2)7-6-17(18)12-19/h4-9,12-13,23,25-27,29-31,34-37H,10-11,15H2,1-3H3/b24-16+/t23-,25-,26+,27+/m1/s1. The average molecular weight is 587 g/mol. The summed E-state index contributed by atoms with van der Waals surface area (Å²) in [7, 11) is -0.967. The SMILES string of the molecule is CNCCNc1ccc2cc(-c3ccc(/C(C)=C(\C#N)S(=O)(=O)N[C@@H]4[C@@H](O)[C@H](O)[C@@H](CO)ON4O)n3C)ccc2c1. The number of hydrogen-bond acceptors (Lipinski definition) is 11. The predicted molar refractivity (Wildman–Crippen MR) is 152 cm³/mol. The van der Waals surface area contributed by atoms with Crippen LogP contribution in [0.1, 0.15) is 12.6 Å². The molecule has 14 heteroatoms.